The molecule has 1 rings (SSSR count). The molecular weight excluding hydrogens is 290 g/mol. The molecule has 0 saturated heterocycles. The second-order valence-electron chi connectivity index (χ2n) is 4.56. The monoisotopic (exact) mass is 311 g/mol. The number of carbonyl (C=O) groups excluding carboxylic acids is 1. The van der Waals surface area contributed by atoms with E-state index in [-0.39, 0.29) is 10.7 Å². The number of alkyl halides is 1. The number of carbonyl (C=O) groups is 1. The van der Waals surface area contributed by atoms with E-state index in [1.807, 2.05) is 24.3 Å². The molecule has 0 aliphatic heterocycles. The molecule has 18 heavy (non-hydrogen) atoms. The van der Waals surface area contributed by atoms with Crippen molar-refractivity contribution in [3.63, 3.8) is 0 Å². The molecule has 1 amide bonds. The highest BCUT2D eigenvalue weighted by atomic mass is 79.9. The molecule has 0 heterocycles. The van der Waals surface area contributed by atoms with Crippen molar-refractivity contribution >= 4 is 27.5 Å². The summed E-state index contributed by atoms with van der Waals surface area (Å²) >= 11 is 3.55. The van der Waals surface area contributed by atoms with Gasteiger partial charge in [-0.15, -0.1) is 0 Å². The van der Waals surface area contributed by atoms with Gasteiger partial charge in [-0.2, -0.15) is 0 Å². The summed E-state index contributed by atoms with van der Waals surface area (Å²) in [7, 11) is 0. The van der Waals surface area contributed by atoms with Crippen LogP contribution in [0, 0.1) is 0 Å². The number of unbranched alkanes of at least 4 members (excludes halogenated alkanes) is 3. The lowest BCUT2D eigenvalue weighted by atomic mass is 10.1. The van der Waals surface area contributed by atoms with E-state index in [1.165, 1.54) is 12.8 Å². The Balaban J connectivity index is 2.49. The summed E-state index contributed by atoms with van der Waals surface area (Å²) in [6.45, 7) is 4.24. The largest absolute Gasteiger partial charge is 0.326 e. The summed E-state index contributed by atoms with van der Waals surface area (Å²) < 4.78 is 0. The molecule has 0 aromatic heterocycles. The molecule has 0 radical (unpaired) electrons. The average Bonchev–Trinajstić information content (AvgIpc) is 2.35. The van der Waals surface area contributed by atoms with Crippen LogP contribution in [0.3, 0.4) is 0 Å². The highest BCUT2D eigenvalue weighted by Gasteiger charge is 2.09. The predicted octanol–water partition coefficient (Wildman–Crippen LogP) is 5.05. The topological polar surface area (TPSA) is 29.1 Å². The summed E-state index contributed by atoms with van der Waals surface area (Å²) in [5.41, 5.74) is 2.04. The van der Waals surface area contributed by atoms with Crippen LogP contribution in [-0.4, -0.2) is 5.91 Å². The summed E-state index contributed by atoms with van der Waals surface area (Å²) in [6, 6.07) is 7.93. The molecule has 0 spiro atoms. The van der Waals surface area contributed by atoms with E-state index in [2.05, 4.69) is 35.1 Å². The first-order valence-electron chi connectivity index (χ1n) is 6.68. The van der Waals surface area contributed by atoms with Crippen molar-refractivity contribution < 1.29 is 4.79 Å². The van der Waals surface area contributed by atoms with Crippen LogP contribution in [0.15, 0.2) is 24.3 Å². The molecule has 0 aliphatic carbocycles. The van der Waals surface area contributed by atoms with Crippen molar-refractivity contribution in [1.82, 2.24) is 0 Å². The van der Waals surface area contributed by atoms with Gasteiger partial charge in [0.25, 0.3) is 0 Å². The van der Waals surface area contributed by atoms with Crippen LogP contribution in [0.1, 0.15) is 56.3 Å². The van der Waals surface area contributed by atoms with Crippen molar-refractivity contribution in [1.29, 1.82) is 0 Å². The minimum absolute atomic E-state index is 0.117. The van der Waals surface area contributed by atoms with Crippen LogP contribution < -0.4 is 5.32 Å². The number of hydrogen-bond donors (Lipinski definition) is 1. The number of benzene rings is 1. The Labute approximate surface area is 118 Å². The molecule has 3 heteroatoms. The molecule has 1 N–H and O–H groups in total. The van der Waals surface area contributed by atoms with Crippen LogP contribution in [0.25, 0.3) is 0 Å². The second kappa shape index (κ2) is 8.30. The maximum absolute atomic E-state index is 11.8. The van der Waals surface area contributed by atoms with Crippen LogP contribution >= 0.6 is 15.9 Å². The molecule has 1 unspecified atom stereocenters. The van der Waals surface area contributed by atoms with Gasteiger partial charge in [0.1, 0.15) is 0 Å². The van der Waals surface area contributed by atoms with Crippen LogP contribution in [-0.2, 0) is 4.79 Å². The fraction of sp³-hybridized carbons (Fsp3) is 0.533. The Bertz CT molecular complexity index is 377. The molecule has 100 valence electrons. The van der Waals surface area contributed by atoms with Gasteiger partial charge in [0.15, 0.2) is 0 Å². The summed E-state index contributed by atoms with van der Waals surface area (Å²) in [5.74, 6) is 0.117. The van der Waals surface area contributed by atoms with Crippen LogP contribution in [0.5, 0.6) is 0 Å². The van der Waals surface area contributed by atoms with Gasteiger partial charge in [0, 0.05) is 16.9 Å². The molecule has 0 aliphatic rings. The van der Waals surface area contributed by atoms with Gasteiger partial charge < -0.3 is 5.32 Å². The fourth-order valence-corrected chi connectivity index (χ4v) is 2.28. The molecule has 0 saturated carbocycles. The third kappa shape index (κ3) is 5.21. The van der Waals surface area contributed by atoms with Gasteiger partial charge in [-0.25, -0.2) is 0 Å². The second-order valence-corrected chi connectivity index (χ2v) is 5.94. The summed E-state index contributed by atoms with van der Waals surface area (Å²) in [4.78, 5) is 12.1. The molecular formula is C15H22BrNO. The Hall–Kier alpha value is -0.830. The van der Waals surface area contributed by atoms with Crippen LogP contribution in [0.2, 0.25) is 0 Å². The highest BCUT2D eigenvalue weighted by molar-refractivity contribution is 9.09. The van der Waals surface area contributed by atoms with Gasteiger partial charge >= 0.3 is 0 Å². The lowest BCUT2D eigenvalue weighted by Gasteiger charge is -2.12. The Kier molecular flexibility index (Phi) is 7.02. The third-order valence-corrected chi connectivity index (χ3v) is 3.41. The minimum atomic E-state index is 0.117. The zero-order valence-corrected chi connectivity index (χ0v) is 12.8. The number of nitrogens with one attached hydrogen (secondary N) is 1. The van der Waals surface area contributed by atoms with Crippen molar-refractivity contribution in [2.24, 2.45) is 0 Å². The van der Waals surface area contributed by atoms with Crippen molar-refractivity contribution in [2.75, 3.05) is 5.32 Å². The molecule has 0 fully saturated rings. The summed E-state index contributed by atoms with van der Waals surface area (Å²) in [6.07, 6.45) is 5.14. The Morgan fingerprint density at radius 3 is 2.67 bits per heavy atom. The minimum Gasteiger partial charge on any atom is -0.326 e. The SMILES string of the molecule is CCCCCCC(=O)Nc1ccccc1C(C)Br. The number of anilines is 1. The number of halogens is 1. The van der Waals surface area contributed by atoms with Gasteiger partial charge in [0.2, 0.25) is 5.91 Å². The normalized spacial score (nSPS) is 12.2. The standard InChI is InChI=1S/C15H22BrNO/c1-3-4-5-6-11-15(18)17-14-10-8-7-9-13(14)12(2)16/h7-10,12H,3-6,11H2,1-2H3,(H,17,18). The van der Waals surface area contributed by atoms with Gasteiger partial charge in [-0.1, -0.05) is 60.3 Å². The molecule has 1 aromatic carbocycles. The first-order chi connectivity index (χ1) is 8.65. The Morgan fingerprint density at radius 2 is 2.00 bits per heavy atom. The van der Waals surface area contributed by atoms with Gasteiger partial charge in [-0.05, 0) is 25.0 Å². The van der Waals surface area contributed by atoms with E-state index in [0.29, 0.717) is 6.42 Å². The van der Waals surface area contributed by atoms with E-state index in [9.17, 15) is 4.79 Å². The number of rotatable bonds is 7. The number of para-hydroxylation sites is 1. The van der Waals surface area contributed by atoms with E-state index < -0.39 is 0 Å². The number of hydrogen-bond acceptors (Lipinski definition) is 1. The average molecular weight is 312 g/mol. The zero-order valence-electron chi connectivity index (χ0n) is 11.2. The maximum Gasteiger partial charge on any atom is 0.224 e. The van der Waals surface area contributed by atoms with Crippen molar-refractivity contribution in [3.8, 4) is 0 Å². The van der Waals surface area contributed by atoms with Gasteiger partial charge in [-0.3, -0.25) is 4.79 Å². The van der Waals surface area contributed by atoms with E-state index in [1.54, 1.807) is 0 Å². The van der Waals surface area contributed by atoms with Crippen molar-refractivity contribution in [2.45, 2.75) is 50.8 Å². The zero-order chi connectivity index (χ0) is 13.4. The lowest BCUT2D eigenvalue weighted by molar-refractivity contribution is -0.116. The molecule has 2 nitrogen and oxygen atoms in total. The van der Waals surface area contributed by atoms with Gasteiger partial charge in [0.05, 0.1) is 0 Å². The predicted molar refractivity (Wildman–Crippen MR) is 81.2 cm³/mol. The number of amides is 1. The first kappa shape index (κ1) is 15.2. The quantitative estimate of drug-likeness (QED) is 0.554. The molecule has 1 atom stereocenters. The lowest BCUT2D eigenvalue weighted by Crippen LogP contribution is -2.12. The van der Waals surface area contributed by atoms with E-state index in [0.717, 1.165) is 24.1 Å². The smallest absolute Gasteiger partial charge is 0.224 e. The van der Waals surface area contributed by atoms with E-state index >= 15 is 0 Å². The first-order valence-corrected chi connectivity index (χ1v) is 7.59. The van der Waals surface area contributed by atoms with Crippen LogP contribution in [0.4, 0.5) is 5.69 Å². The van der Waals surface area contributed by atoms with Crippen molar-refractivity contribution in [3.05, 3.63) is 29.8 Å². The highest BCUT2D eigenvalue weighted by Crippen LogP contribution is 2.28. The Morgan fingerprint density at radius 1 is 1.28 bits per heavy atom. The third-order valence-electron chi connectivity index (χ3n) is 2.92. The van der Waals surface area contributed by atoms with E-state index in [4.69, 9.17) is 0 Å². The molecule has 1 aromatic rings. The maximum atomic E-state index is 11.8. The molecule has 0 bridgehead atoms. The fourth-order valence-electron chi connectivity index (χ4n) is 1.88. The summed E-state index contributed by atoms with van der Waals surface area (Å²) in [5, 5.41) is 3.00.